The molecule has 0 radical (unpaired) electrons. The van der Waals surface area contributed by atoms with Crippen molar-refractivity contribution in [2.75, 3.05) is 11.9 Å². The highest BCUT2D eigenvalue weighted by molar-refractivity contribution is 5.94. The minimum atomic E-state index is -4.67. The van der Waals surface area contributed by atoms with Crippen molar-refractivity contribution in [3.63, 3.8) is 0 Å². The fraction of sp³-hybridized carbons (Fsp3) is 0.273. The number of benzene rings is 1. The quantitative estimate of drug-likeness (QED) is 0.331. The van der Waals surface area contributed by atoms with E-state index in [2.05, 4.69) is 20.5 Å². The molecular formula is C22H20F5N5O. The van der Waals surface area contributed by atoms with Crippen molar-refractivity contribution in [3.05, 3.63) is 66.1 Å². The predicted molar refractivity (Wildman–Crippen MR) is 114 cm³/mol. The molecule has 3 N–H and O–H groups in total. The number of amides is 1. The number of allylic oxidation sites excluding steroid dienone is 2. The van der Waals surface area contributed by atoms with Crippen molar-refractivity contribution in [1.29, 1.82) is 0 Å². The number of carbonyl (C=O) groups excluding carboxylic acids is 1. The fourth-order valence-electron chi connectivity index (χ4n) is 3.39. The molecule has 1 aliphatic rings. The minimum absolute atomic E-state index is 0.0367. The van der Waals surface area contributed by atoms with E-state index in [1.54, 1.807) is 6.21 Å². The highest BCUT2D eigenvalue weighted by Crippen LogP contribution is 2.41. The van der Waals surface area contributed by atoms with Crippen LogP contribution in [0.4, 0.5) is 27.8 Å². The van der Waals surface area contributed by atoms with Gasteiger partial charge in [0.25, 0.3) is 0 Å². The third kappa shape index (κ3) is 6.21. The van der Waals surface area contributed by atoms with Gasteiger partial charge < -0.3 is 11.1 Å². The van der Waals surface area contributed by atoms with E-state index in [1.165, 1.54) is 30.5 Å². The Morgan fingerprint density at radius 1 is 1.21 bits per heavy atom. The van der Waals surface area contributed by atoms with Crippen LogP contribution in [0, 0.1) is 5.41 Å². The van der Waals surface area contributed by atoms with E-state index in [-0.39, 0.29) is 29.7 Å². The predicted octanol–water partition coefficient (Wildman–Crippen LogP) is 4.86. The normalized spacial score (nSPS) is 21.1. The van der Waals surface area contributed by atoms with Crippen molar-refractivity contribution in [2.24, 2.45) is 16.1 Å². The van der Waals surface area contributed by atoms with Gasteiger partial charge in [-0.1, -0.05) is 0 Å². The molecule has 1 aromatic carbocycles. The average Bonchev–Trinajstić information content (AvgIpc) is 2.75. The summed E-state index contributed by atoms with van der Waals surface area (Å²) in [4.78, 5) is 15.5. The van der Waals surface area contributed by atoms with E-state index in [0.717, 1.165) is 12.1 Å². The minimum Gasteiger partial charge on any atom is -0.368 e. The zero-order valence-corrected chi connectivity index (χ0v) is 17.2. The van der Waals surface area contributed by atoms with Crippen LogP contribution in [0.25, 0.3) is 11.3 Å². The first-order chi connectivity index (χ1) is 15.6. The molecule has 0 spiro atoms. The molecule has 1 fully saturated rings. The molecule has 1 aromatic heterocycles. The molecule has 174 valence electrons. The number of aliphatic imine (C=N–C) groups is 1. The summed E-state index contributed by atoms with van der Waals surface area (Å²) in [7, 11) is 0. The molecule has 11 heteroatoms. The van der Waals surface area contributed by atoms with E-state index < -0.39 is 29.2 Å². The first kappa shape index (κ1) is 24.0. The number of nitrogens with zero attached hydrogens (tertiary/aromatic N) is 3. The van der Waals surface area contributed by atoms with Gasteiger partial charge in [0.2, 0.25) is 5.91 Å². The van der Waals surface area contributed by atoms with Gasteiger partial charge in [-0.05, 0) is 55.3 Å². The summed E-state index contributed by atoms with van der Waals surface area (Å²) in [5, 5.41) is 10.9. The SMILES string of the molecule is NC(=O)c1cc(-c2ccc(NCC3(C=NC=CC=CF)CC(F)C3)nn2)cc(C(F)(F)F)c1. The molecule has 0 bridgehead atoms. The Hall–Kier alpha value is -3.63. The largest absolute Gasteiger partial charge is 0.416 e. The maximum Gasteiger partial charge on any atom is 0.416 e. The smallest absolute Gasteiger partial charge is 0.368 e. The second kappa shape index (κ2) is 9.88. The van der Waals surface area contributed by atoms with Crippen molar-refractivity contribution in [1.82, 2.24) is 10.2 Å². The van der Waals surface area contributed by atoms with E-state index in [4.69, 9.17) is 5.73 Å². The number of alkyl halides is 4. The monoisotopic (exact) mass is 465 g/mol. The van der Waals surface area contributed by atoms with Crippen LogP contribution in [0.3, 0.4) is 0 Å². The maximum absolute atomic E-state index is 13.5. The summed E-state index contributed by atoms with van der Waals surface area (Å²) in [5.41, 5.74) is 3.42. The maximum atomic E-state index is 13.5. The van der Waals surface area contributed by atoms with E-state index >= 15 is 0 Å². The highest BCUT2D eigenvalue weighted by Gasteiger charge is 2.43. The summed E-state index contributed by atoms with van der Waals surface area (Å²) in [6.07, 6.45) is 0.771. The van der Waals surface area contributed by atoms with E-state index in [0.29, 0.717) is 24.8 Å². The molecule has 1 heterocycles. The van der Waals surface area contributed by atoms with Crippen molar-refractivity contribution < 1.29 is 26.7 Å². The summed E-state index contributed by atoms with van der Waals surface area (Å²) < 4.78 is 64.9. The molecule has 0 atom stereocenters. The number of aromatic nitrogens is 2. The Bertz CT molecular complexity index is 1070. The molecule has 6 nitrogen and oxygen atoms in total. The second-order valence-electron chi connectivity index (χ2n) is 7.62. The van der Waals surface area contributed by atoms with Gasteiger partial charge in [0, 0.05) is 35.5 Å². The first-order valence-corrected chi connectivity index (χ1v) is 9.82. The molecule has 0 saturated heterocycles. The lowest BCUT2D eigenvalue weighted by atomic mass is 9.68. The number of hydrogen-bond donors (Lipinski definition) is 2. The van der Waals surface area contributed by atoms with Crippen LogP contribution in [0.5, 0.6) is 0 Å². The Kier molecular flexibility index (Phi) is 7.19. The lowest BCUT2D eigenvalue weighted by Crippen LogP contribution is -2.45. The van der Waals surface area contributed by atoms with Gasteiger partial charge in [-0.25, -0.2) is 8.78 Å². The van der Waals surface area contributed by atoms with Crippen LogP contribution in [0.2, 0.25) is 0 Å². The van der Waals surface area contributed by atoms with Crippen LogP contribution in [0.15, 0.2) is 60.0 Å². The Morgan fingerprint density at radius 2 is 1.97 bits per heavy atom. The molecule has 2 aromatic rings. The molecule has 1 aliphatic carbocycles. The molecule has 0 aliphatic heterocycles. The first-order valence-electron chi connectivity index (χ1n) is 9.82. The third-order valence-electron chi connectivity index (χ3n) is 5.09. The number of anilines is 1. The van der Waals surface area contributed by atoms with Crippen molar-refractivity contribution in [3.8, 4) is 11.3 Å². The van der Waals surface area contributed by atoms with Gasteiger partial charge in [-0.3, -0.25) is 9.79 Å². The van der Waals surface area contributed by atoms with Gasteiger partial charge in [-0.2, -0.15) is 13.2 Å². The number of hydrogen-bond acceptors (Lipinski definition) is 5. The van der Waals surface area contributed by atoms with Gasteiger partial charge >= 0.3 is 6.18 Å². The molecule has 33 heavy (non-hydrogen) atoms. The second-order valence-corrected chi connectivity index (χ2v) is 7.62. The van der Waals surface area contributed by atoms with Gasteiger partial charge in [0.15, 0.2) is 0 Å². The zero-order valence-electron chi connectivity index (χ0n) is 17.2. The number of carbonyl (C=O) groups is 1. The summed E-state index contributed by atoms with van der Waals surface area (Å²) in [6, 6.07) is 5.70. The van der Waals surface area contributed by atoms with Crippen LogP contribution in [-0.4, -0.2) is 35.0 Å². The molecule has 1 amide bonds. The van der Waals surface area contributed by atoms with Gasteiger partial charge in [0.05, 0.1) is 17.6 Å². The summed E-state index contributed by atoms with van der Waals surface area (Å²) in [5.74, 6) is -0.672. The number of primary amides is 1. The topological polar surface area (TPSA) is 93.3 Å². The van der Waals surface area contributed by atoms with E-state index in [1.807, 2.05) is 0 Å². The van der Waals surface area contributed by atoms with Crippen LogP contribution >= 0.6 is 0 Å². The average molecular weight is 465 g/mol. The van der Waals surface area contributed by atoms with Crippen LogP contribution in [0.1, 0.15) is 28.8 Å². The van der Waals surface area contributed by atoms with Crippen molar-refractivity contribution >= 4 is 17.9 Å². The zero-order chi connectivity index (χ0) is 24.1. The molecular weight excluding hydrogens is 445 g/mol. The number of nitrogens with two attached hydrogens (primary N) is 1. The Morgan fingerprint density at radius 3 is 2.55 bits per heavy atom. The van der Waals surface area contributed by atoms with E-state index in [9.17, 15) is 26.7 Å². The number of nitrogens with one attached hydrogen (secondary N) is 1. The number of halogens is 5. The number of rotatable bonds is 8. The van der Waals surface area contributed by atoms with Crippen LogP contribution in [-0.2, 0) is 6.18 Å². The van der Waals surface area contributed by atoms with Crippen molar-refractivity contribution in [2.45, 2.75) is 25.2 Å². The summed E-state index contributed by atoms with van der Waals surface area (Å²) in [6.45, 7) is 0.299. The van der Waals surface area contributed by atoms with Gasteiger partial charge in [-0.15, -0.1) is 10.2 Å². The lowest BCUT2D eigenvalue weighted by molar-refractivity contribution is -0.137. The lowest BCUT2D eigenvalue weighted by Gasteiger charge is -2.41. The molecule has 3 rings (SSSR count). The fourth-order valence-corrected chi connectivity index (χ4v) is 3.39. The molecule has 1 saturated carbocycles. The summed E-state index contributed by atoms with van der Waals surface area (Å²) >= 11 is 0. The Balaban J connectivity index is 1.74. The van der Waals surface area contributed by atoms with Crippen LogP contribution < -0.4 is 11.1 Å². The third-order valence-corrected chi connectivity index (χ3v) is 5.09. The standard InChI is InChI=1S/C22H20F5N5O/c23-5-1-2-6-29-12-21(10-17(24)11-21)13-30-19-4-3-18(31-32-19)14-7-15(20(28)33)9-16(8-14)22(25,26)27/h1-9,12,17H,10-11,13H2,(H2,28,33)(H,30,32). The highest BCUT2D eigenvalue weighted by atomic mass is 19.4. The molecule has 0 unspecified atom stereocenters. The van der Waals surface area contributed by atoms with Gasteiger partial charge in [0.1, 0.15) is 12.0 Å². The Labute approximate surface area is 186 Å².